The van der Waals surface area contributed by atoms with Crippen molar-refractivity contribution in [2.75, 3.05) is 0 Å². The molecule has 0 aromatic carbocycles. The van der Waals surface area contributed by atoms with Crippen molar-refractivity contribution in [3.63, 3.8) is 0 Å². The standard InChI is InChI=1S/C16H20N4OS/c21-14(11-3-4-12-13(9-11)19-10-18-12)20-16(5-1-2-6-16)15-17-7-8-22-15/h7-8,10-11H,1-6,9H2,(H,18,19)(H,20,21). The maximum Gasteiger partial charge on any atom is 0.224 e. The van der Waals surface area contributed by atoms with Gasteiger partial charge in [-0.2, -0.15) is 0 Å². The van der Waals surface area contributed by atoms with Gasteiger partial charge in [0, 0.05) is 29.6 Å². The Kier molecular flexibility index (Phi) is 3.48. The van der Waals surface area contributed by atoms with E-state index in [1.54, 1.807) is 17.7 Å². The number of thiazole rings is 1. The summed E-state index contributed by atoms with van der Waals surface area (Å²) in [5.41, 5.74) is 2.03. The fourth-order valence-electron chi connectivity index (χ4n) is 3.79. The summed E-state index contributed by atoms with van der Waals surface area (Å²) in [5.74, 6) is 0.225. The van der Waals surface area contributed by atoms with Crippen molar-refractivity contribution >= 4 is 17.2 Å². The van der Waals surface area contributed by atoms with Crippen LogP contribution < -0.4 is 5.32 Å². The number of amides is 1. The molecule has 22 heavy (non-hydrogen) atoms. The molecule has 2 N–H and O–H groups in total. The highest BCUT2D eigenvalue weighted by molar-refractivity contribution is 7.09. The third-order valence-electron chi connectivity index (χ3n) is 5.02. The minimum Gasteiger partial charge on any atom is -0.348 e. The topological polar surface area (TPSA) is 70.7 Å². The van der Waals surface area contributed by atoms with Crippen molar-refractivity contribution < 1.29 is 4.79 Å². The van der Waals surface area contributed by atoms with Gasteiger partial charge in [-0.3, -0.25) is 4.79 Å². The van der Waals surface area contributed by atoms with Gasteiger partial charge in [0.05, 0.1) is 17.6 Å². The molecule has 1 fully saturated rings. The van der Waals surface area contributed by atoms with Crippen LogP contribution in [-0.2, 0) is 23.2 Å². The Balaban J connectivity index is 1.51. The van der Waals surface area contributed by atoms with Crippen LogP contribution in [0.4, 0.5) is 0 Å². The number of aromatic nitrogens is 3. The van der Waals surface area contributed by atoms with Crippen molar-refractivity contribution in [1.29, 1.82) is 0 Å². The molecule has 0 saturated heterocycles. The molecule has 6 heteroatoms. The van der Waals surface area contributed by atoms with Gasteiger partial charge in [-0.25, -0.2) is 9.97 Å². The second-order valence-corrected chi connectivity index (χ2v) is 7.28. The maximum absolute atomic E-state index is 12.8. The van der Waals surface area contributed by atoms with E-state index in [1.165, 1.54) is 0 Å². The predicted molar refractivity (Wildman–Crippen MR) is 84.5 cm³/mol. The second kappa shape index (κ2) is 5.50. The molecule has 1 unspecified atom stereocenters. The number of carbonyl (C=O) groups is 1. The molecule has 0 radical (unpaired) electrons. The second-order valence-electron chi connectivity index (χ2n) is 6.38. The van der Waals surface area contributed by atoms with Gasteiger partial charge in [0.2, 0.25) is 5.91 Å². The molecule has 116 valence electrons. The first-order chi connectivity index (χ1) is 10.8. The Morgan fingerprint density at radius 3 is 3.00 bits per heavy atom. The van der Waals surface area contributed by atoms with E-state index in [0.717, 1.165) is 61.3 Å². The molecular weight excluding hydrogens is 296 g/mol. The van der Waals surface area contributed by atoms with Gasteiger partial charge in [-0.1, -0.05) is 12.8 Å². The molecule has 5 nitrogen and oxygen atoms in total. The summed E-state index contributed by atoms with van der Waals surface area (Å²) in [4.78, 5) is 24.8. The number of aromatic amines is 1. The Labute approximate surface area is 133 Å². The largest absolute Gasteiger partial charge is 0.348 e. The minimum atomic E-state index is -0.223. The van der Waals surface area contributed by atoms with Crippen LogP contribution in [-0.4, -0.2) is 20.9 Å². The first kappa shape index (κ1) is 13.9. The van der Waals surface area contributed by atoms with Crippen molar-refractivity contribution in [2.45, 2.75) is 50.5 Å². The van der Waals surface area contributed by atoms with E-state index in [1.807, 2.05) is 11.6 Å². The minimum absolute atomic E-state index is 0.0467. The van der Waals surface area contributed by atoms with Crippen LogP contribution >= 0.6 is 11.3 Å². The first-order valence-corrected chi connectivity index (χ1v) is 8.88. The van der Waals surface area contributed by atoms with Gasteiger partial charge in [0.25, 0.3) is 0 Å². The number of fused-ring (bicyclic) bond motifs is 1. The first-order valence-electron chi connectivity index (χ1n) is 8.00. The molecule has 1 amide bonds. The van der Waals surface area contributed by atoms with Gasteiger partial charge in [-0.15, -0.1) is 11.3 Å². The van der Waals surface area contributed by atoms with Gasteiger partial charge in [0.1, 0.15) is 5.01 Å². The van der Waals surface area contributed by atoms with E-state index < -0.39 is 0 Å². The zero-order chi connectivity index (χ0) is 15.0. The molecule has 1 saturated carbocycles. The number of rotatable bonds is 3. The maximum atomic E-state index is 12.8. The third-order valence-corrected chi connectivity index (χ3v) is 6.00. The molecule has 2 aromatic heterocycles. The number of hydrogen-bond donors (Lipinski definition) is 2. The van der Waals surface area contributed by atoms with E-state index in [-0.39, 0.29) is 17.4 Å². The highest BCUT2D eigenvalue weighted by Gasteiger charge is 2.41. The van der Waals surface area contributed by atoms with Crippen molar-refractivity contribution in [3.8, 4) is 0 Å². The van der Waals surface area contributed by atoms with Crippen LogP contribution in [0.3, 0.4) is 0 Å². The van der Waals surface area contributed by atoms with E-state index in [0.29, 0.717) is 0 Å². The third kappa shape index (κ3) is 2.35. The van der Waals surface area contributed by atoms with Crippen LogP contribution in [0.5, 0.6) is 0 Å². The van der Waals surface area contributed by atoms with E-state index in [4.69, 9.17) is 0 Å². The SMILES string of the molecule is O=C(NC1(c2nccs2)CCCC1)C1CCc2nc[nH]c2C1. The van der Waals surface area contributed by atoms with Gasteiger partial charge in [0.15, 0.2) is 0 Å². The van der Waals surface area contributed by atoms with Crippen LogP contribution in [0, 0.1) is 5.92 Å². The molecule has 0 bridgehead atoms. The van der Waals surface area contributed by atoms with E-state index >= 15 is 0 Å². The molecule has 2 aliphatic rings. The van der Waals surface area contributed by atoms with Crippen molar-refractivity contribution in [3.05, 3.63) is 34.3 Å². The summed E-state index contributed by atoms with van der Waals surface area (Å²) in [5, 5.41) is 6.43. The van der Waals surface area contributed by atoms with E-state index in [2.05, 4.69) is 20.3 Å². The Hall–Kier alpha value is -1.69. The molecule has 2 aromatic rings. The summed E-state index contributed by atoms with van der Waals surface area (Å²) in [7, 11) is 0. The molecule has 1 atom stereocenters. The fraction of sp³-hybridized carbons (Fsp3) is 0.562. The highest BCUT2D eigenvalue weighted by atomic mass is 32.1. The van der Waals surface area contributed by atoms with Gasteiger partial charge >= 0.3 is 0 Å². The number of nitrogens with one attached hydrogen (secondary N) is 2. The lowest BCUT2D eigenvalue weighted by molar-refractivity contribution is -0.127. The molecular formula is C16H20N4OS. The number of hydrogen-bond acceptors (Lipinski definition) is 4. The number of nitrogens with zero attached hydrogens (tertiary/aromatic N) is 2. The average molecular weight is 316 g/mol. The Morgan fingerprint density at radius 2 is 2.23 bits per heavy atom. The number of aryl methyl sites for hydroxylation is 1. The normalized spacial score (nSPS) is 23.2. The zero-order valence-electron chi connectivity index (χ0n) is 12.5. The van der Waals surface area contributed by atoms with E-state index in [9.17, 15) is 4.79 Å². The number of carbonyl (C=O) groups excluding carboxylic acids is 1. The van der Waals surface area contributed by atoms with Gasteiger partial charge < -0.3 is 10.3 Å². The van der Waals surface area contributed by atoms with Crippen LogP contribution in [0.1, 0.15) is 48.5 Å². The van der Waals surface area contributed by atoms with Crippen LogP contribution in [0.15, 0.2) is 17.9 Å². The Bertz CT molecular complexity index is 658. The number of imidazole rings is 1. The molecule has 2 heterocycles. The summed E-state index contributed by atoms with van der Waals surface area (Å²) in [6.07, 6.45) is 10.5. The monoisotopic (exact) mass is 316 g/mol. The van der Waals surface area contributed by atoms with Crippen LogP contribution in [0.2, 0.25) is 0 Å². The van der Waals surface area contributed by atoms with Crippen molar-refractivity contribution in [2.24, 2.45) is 5.92 Å². The predicted octanol–water partition coefficient (Wildman–Crippen LogP) is 2.56. The number of H-pyrrole nitrogens is 1. The highest BCUT2D eigenvalue weighted by Crippen LogP contribution is 2.40. The fourth-order valence-corrected chi connectivity index (χ4v) is 4.65. The summed E-state index contributed by atoms with van der Waals surface area (Å²) in [6, 6.07) is 0. The van der Waals surface area contributed by atoms with Crippen molar-refractivity contribution in [1.82, 2.24) is 20.3 Å². The molecule has 0 aliphatic heterocycles. The molecule has 2 aliphatic carbocycles. The molecule has 4 rings (SSSR count). The lowest BCUT2D eigenvalue weighted by Gasteiger charge is -2.31. The lowest BCUT2D eigenvalue weighted by atomic mass is 9.87. The smallest absolute Gasteiger partial charge is 0.224 e. The zero-order valence-corrected chi connectivity index (χ0v) is 13.3. The lowest BCUT2D eigenvalue weighted by Crippen LogP contribution is -2.47. The Morgan fingerprint density at radius 1 is 1.36 bits per heavy atom. The van der Waals surface area contributed by atoms with Gasteiger partial charge in [-0.05, 0) is 25.7 Å². The molecule has 0 spiro atoms. The average Bonchev–Trinajstić information content (AvgIpc) is 3.27. The summed E-state index contributed by atoms with van der Waals surface area (Å²) in [6.45, 7) is 0. The summed E-state index contributed by atoms with van der Waals surface area (Å²) < 4.78 is 0. The summed E-state index contributed by atoms with van der Waals surface area (Å²) >= 11 is 1.66. The quantitative estimate of drug-likeness (QED) is 0.914. The van der Waals surface area contributed by atoms with Crippen LogP contribution in [0.25, 0.3) is 0 Å².